The summed E-state index contributed by atoms with van der Waals surface area (Å²) in [6.07, 6.45) is 3.37. The molecule has 0 N–H and O–H groups in total. The molecule has 1 aliphatic rings. The molecule has 0 amide bonds. The highest BCUT2D eigenvalue weighted by atomic mass is 32.2. The van der Waals surface area contributed by atoms with Gasteiger partial charge in [0.05, 0.1) is 11.2 Å². The second kappa shape index (κ2) is 5.60. The van der Waals surface area contributed by atoms with Crippen molar-refractivity contribution in [2.45, 2.75) is 24.7 Å². The van der Waals surface area contributed by atoms with Gasteiger partial charge < -0.3 is 0 Å². The number of hydrogen-bond donors (Lipinski definition) is 0. The fourth-order valence-electron chi connectivity index (χ4n) is 3.34. The van der Waals surface area contributed by atoms with Crippen molar-refractivity contribution in [3.8, 4) is 0 Å². The van der Waals surface area contributed by atoms with E-state index in [0.29, 0.717) is 12.1 Å². The lowest BCUT2D eigenvalue weighted by Gasteiger charge is -2.31. The van der Waals surface area contributed by atoms with Gasteiger partial charge in [-0.05, 0) is 43.5 Å². The summed E-state index contributed by atoms with van der Waals surface area (Å²) in [5.41, 5.74) is 3.57. The van der Waals surface area contributed by atoms with Gasteiger partial charge in [-0.15, -0.1) is 0 Å². The van der Waals surface area contributed by atoms with E-state index in [-0.39, 0.29) is 4.90 Å². The minimum Gasteiger partial charge on any atom is -0.266 e. The molecule has 0 saturated heterocycles. The van der Waals surface area contributed by atoms with Crippen molar-refractivity contribution < 1.29 is 8.42 Å². The van der Waals surface area contributed by atoms with Gasteiger partial charge in [-0.3, -0.25) is 9.29 Å². The van der Waals surface area contributed by atoms with Crippen molar-refractivity contribution in [3.63, 3.8) is 0 Å². The lowest BCUT2D eigenvalue weighted by Crippen LogP contribution is -2.35. The smallest absolute Gasteiger partial charge is 0.266 e. The van der Waals surface area contributed by atoms with Gasteiger partial charge in [-0.1, -0.05) is 35.9 Å². The van der Waals surface area contributed by atoms with Crippen molar-refractivity contribution in [3.05, 3.63) is 65.9 Å². The van der Waals surface area contributed by atoms with Crippen molar-refractivity contribution in [1.29, 1.82) is 0 Å². The summed E-state index contributed by atoms with van der Waals surface area (Å²) in [5.74, 6) is 0. The summed E-state index contributed by atoms with van der Waals surface area (Å²) in [4.78, 5) is 4.58. The fourth-order valence-corrected chi connectivity index (χ4v) is 5.05. The largest absolute Gasteiger partial charge is 0.266 e. The highest BCUT2D eigenvalue weighted by molar-refractivity contribution is 7.93. The third-order valence-electron chi connectivity index (χ3n) is 4.47. The molecule has 2 aromatic carbocycles. The van der Waals surface area contributed by atoms with Crippen LogP contribution in [-0.2, 0) is 16.4 Å². The Morgan fingerprint density at radius 3 is 2.79 bits per heavy atom. The SMILES string of the molecule is Cc1ccc2c(c1)CCCN2S(=O)(=O)c1cccc2cccnc12. The topological polar surface area (TPSA) is 50.3 Å². The highest BCUT2D eigenvalue weighted by Crippen LogP contribution is 2.34. The minimum atomic E-state index is -3.64. The molecule has 0 unspecified atom stereocenters. The molecule has 122 valence electrons. The Bertz CT molecular complexity index is 1020. The maximum atomic E-state index is 13.3. The van der Waals surface area contributed by atoms with E-state index >= 15 is 0 Å². The quantitative estimate of drug-likeness (QED) is 0.716. The first-order valence-electron chi connectivity index (χ1n) is 8.03. The molecule has 3 aromatic rings. The maximum Gasteiger partial charge on any atom is 0.266 e. The summed E-state index contributed by atoms with van der Waals surface area (Å²) in [6, 6.07) is 15.0. The molecule has 0 aliphatic carbocycles. The third-order valence-corrected chi connectivity index (χ3v) is 6.32. The monoisotopic (exact) mass is 338 g/mol. The molecule has 0 saturated carbocycles. The number of nitrogens with zero attached hydrogens (tertiary/aromatic N) is 2. The average Bonchev–Trinajstić information content (AvgIpc) is 2.60. The highest BCUT2D eigenvalue weighted by Gasteiger charge is 2.30. The van der Waals surface area contributed by atoms with Crippen LogP contribution in [0, 0.1) is 6.92 Å². The number of aryl methyl sites for hydroxylation is 2. The molecule has 0 fully saturated rings. The minimum absolute atomic E-state index is 0.272. The molecule has 5 heteroatoms. The molecule has 0 spiro atoms. The number of pyridine rings is 1. The second-order valence-corrected chi connectivity index (χ2v) is 7.97. The predicted octanol–water partition coefficient (Wildman–Crippen LogP) is 3.68. The van der Waals surface area contributed by atoms with Crippen LogP contribution in [0.4, 0.5) is 5.69 Å². The standard InChI is InChI=1S/C19H18N2O2S/c1-14-9-10-17-16(13-14)7-4-12-21(17)24(22,23)18-8-2-5-15-6-3-11-20-19(15)18/h2-3,5-6,8-11,13H,4,7,12H2,1H3. The number of fused-ring (bicyclic) bond motifs is 2. The van der Waals surface area contributed by atoms with Gasteiger partial charge in [-0.2, -0.15) is 0 Å². The third kappa shape index (κ3) is 2.36. The van der Waals surface area contributed by atoms with Crippen LogP contribution in [0.3, 0.4) is 0 Å². The Balaban J connectivity index is 1.90. The van der Waals surface area contributed by atoms with E-state index in [1.54, 1.807) is 18.3 Å². The Labute approximate surface area is 141 Å². The molecule has 0 radical (unpaired) electrons. The van der Waals surface area contributed by atoms with Gasteiger partial charge in [0.15, 0.2) is 0 Å². The van der Waals surface area contributed by atoms with Crippen LogP contribution in [-0.4, -0.2) is 19.9 Å². The molecule has 0 bridgehead atoms. The number of anilines is 1. The van der Waals surface area contributed by atoms with E-state index in [1.807, 2.05) is 37.3 Å². The predicted molar refractivity (Wildman–Crippen MR) is 95.8 cm³/mol. The summed E-state index contributed by atoms with van der Waals surface area (Å²) < 4.78 is 28.2. The van der Waals surface area contributed by atoms with Gasteiger partial charge in [0.1, 0.15) is 4.90 Å². The number of para-hydroxylation sites is 1. The van der Waals surface area contributed by atoms with Gasteiger partial charge in [0.2, 0.25) is 0 Å². The van der Waals surface area contributed by atoms with Crippen molar-refractivity contribution in [1.82, 2.24) is 4.98 Å². The number of hydrogen-bond acceptors (Lipinski definition) is 3. The zero-order chi connectivity index (χ0) is 16.7. The van der Waals surface area contributed by atoms with Gasteiger partial charge in [0, 0.05) is 18.1 Å². The Morgan fingerprint density at radius 2 is 1.92 bits per heavy atom. The van der Waals surface area contributed by atoms with Crippen LogP contribution in [0.5, 0.6) is 0 Å². The molecule has 0 atom stereocenters. The number of sulfonamides is 1. The number of rotatable bonds is 2. The number of aromatic nitrogens is 1. The van der Waals surface area contributed by atoms with Crippen LogP contribution >= 0.6 is 0 Å². The van der Waals surface area contributed by atoms with Gasteiger partial charge in [0.25, 0.3) is 10.0 Å². The van der Waals surface area contributed by atoms with E-state index in [9.17, 15) is 8.42 Å². The molecular weight excluding hydrogens is 320 g/mol. The molecule has 1 aromatic heterocycles. The van der Waals surface area contributed by atoms with Crippen molar-refractivity contribution in [2.24, 2.45) is 0 Å². The maximum absolute atomic E-state index is 13.3. The normalized spacial score (nSPS) is 14.6. The van der Waals surface area contributed by atoms with Crippen molar-refractivity contribution in [2.75, 3.05) is 10.8 Å². The average molecular weight is 338 g/mol. The van der Waals surface area contributed by atoms with E-state index in [2.05, 4.69) is 11.1 Å². The van der Waals surface area contributed by atoms with Crippen LogP contribution < -0.4 is 4.31 Å². The summed E-state index contributed by atoms with van der Waals surface area (Å²) in [7, 11) is -3.64. The molecule has 24 heavy (non-hydrogen) atoms. The molecule has 2 heterocycles. The summed E-state index contributed by atoms with van der Waals surface area (Å²) in [5, 5.41) is 0.833. The lowest BCUT2D eigenvalue weighted by molar-refractivity contribution is 0.587. The van der Waals surface area contributed by atoms with E-state index < -0.39 is 10.0 Å². The van der Waals surface area contributed by atoms with E-state index in [0.717, 1.165) is 35.0 Å². The Kier molecular flexibility index (Phi) is 3.53. The Morgan fingerprint density at radius 1 is 1.08 bits per heavy atom. The molecule has 4 rings (SSSR count). The van der Waals surface area contributed by atoms with Crippen LogP contribution in [0.25, 0.3) is 10.9 Å². The van der Waals surface area contributed by atoms with Crippen LogP contribution in [0.1, 0.15) is 17.5 Å². The van der Waals surface area contributed by atoms with E-state index in [1.165, 1.54) is 4.31 Å². The zero-order valence-corrected chi connectivity index (χ0v) is 14.3. The van der Waals surface area contributed by atoms with Crippen LogP contribution in [0.15, 0.2) is 59.6 Å². The fraction of sp³-hybridized carbons (Fsp3) is 0.211. The van der Waals surface area contributed by atoms with Gasteiger partial charge >= 0.3 is 0 Å². The van der Waals surface area contributed by atoms with E-state index in [4.69, 9.17) is 0 Å². The second-order valence-electron chi connectivity index (χ2n) is 6.14. The molecule has 1 aliphatic heterocycles. The Hall–Kier alpha value is -2.40. The van der Waals surface area contributed by atoms with Gasteiger partial charge in [-0.25, -0.2) is 8.42 Å². The summed E-state index contributed by atoms with van der Waals surface area (Å²) >= 11 is 0. The molecular formula is C19H18N2O2S. The first-order chi connectivity index (χ1) is 11.6. The first-order valence-corrected chi connectivity index (χ1v) is 9.47. The lowest BCUT2D eigenvalue weighted by atomic mass is 10.0. The van der Waals surface area contributed by atoms with Crippen molar-refractivity contribution >= 4 is 26.6 Å². The zero-order valence-electron chi connectivity index (χ0n) is 13.4. The molecule has 4 nitrogen and oxygen atoms in total. The summed E-state index contributed by atoms with van der Waals surface area (Å²) in [6.45, 7) is 2.53. The van der Waals surface area contributed by atoms with Crippen LogP contribution in [0.2, 0.25) is 0 Å². The first kappa shape index (κ1) is 15.1. The number of benzene rings is 2.